The Bertz CT molecular complexity index is 292. The summed E-state index contributed by atoms with van der Waals surface area (Å²) in [6.07, 6.45) is 2.59. The molecule has 1 unspecified atom stereocenters. The summed E-state index contributed by atoms with van der Waals surface area (Å²) < 4.78 is 14.8. The van der Waals surface area contributed by atoms with E-state index < -0.39 is 12.4 Å². The highest BCUT2D eigenvalue weighted by Crippen LogP contribution is 2.06. The van der Waals surface area contributed by atoms with Crippen LogP contribution < -0.4 is 0 Å². The van der Waals surface area contributed by atoms with E-state index in [2.05, 4.69) is 12.0 Å². The zero-order valence-corrected chi connectivity index (χ0v) is 9.85. The fraction of sp³-hybridized carbons (Fsp3) is 0.727. The van der Waals surface area contributed by atoms with Crippen molar-refractivity contribution < 1.29 is 24.1 Å². The van der Waals surface area contributed by atoms with Crippen molar-refractivity contribution in [2.24, 2.45) is 0 Å². The minimum Gasteiger partial charge on any atom is -0.396 e. The van der Waals surface area contributed by atoms with Crippen LogP contribution in [0.25, 0.3) is 0 Å². The Morgan fingerprint density at radius 1 is 1.53 bits per heavy atom. The second-order valence-electron chi connectivity index (χ2n) is 3.47. The van der Waals surface area contributed by atoms with Gasteiger partial charge in [0.2, 0.25) is 6.29 Å². The van der Waals surface area contributed by atoms with Crippen molar-refractivity contribution >= 4 is 6.09 Å². The fourth-order valence-electron chi connectivity index (χ4n) is 1.11. The fourth-order valence-corrected chi connectivity index (χ4v) is 1.11. The predicted octanol–water partition coefficient (Wildman–Crippen LogP) is 0.161. The summed E-state index contributed by atoms with van der Waals surface area (Å²) in [5.74, 6) is 2.52. The van der Waals surface area contributed by atoms with E-state index in [1.165, 1.54) is 7.11 Å². The van der Waals surface area contributed by atoms with Crippen molar-refractivity contribution in [1.29, 1.82) is 0 Å². The minimum absolute atomic E-state index is 0.0494. The van der Waals surface area contributed by atoms with Gasteiger partial charge in [0.05, 0.1) is 6.61 Å². The summed E-state index contributed by atoms with van der Waals surface area (Å²) in [5, 5.41) is 8.56. The molecule has 6 heteroatoms. The number of rotatable bonds is 5. The van der Waals surface area contributed by atoms with E-state index in [9.17, 15) is 4.79 Å². The SMILES string of the molecule is COC(C#COC(=O)N1CCC1)OCCCO. The normalized spacial score (nSPS) is 15.5. The van der Waals surface area contributed by atoms with Crippen molar-refractivity contribution in [1.82, 2.24) is 4.90 Å². The van der Waals surface area contributed by atoms with Crippen molar-refractivity contribution in [3.63, 3.8) is 0 Å². The Morgan fingerprint density at radius 3 is 2.82 bits per heavy atom. The van der Waals surface area contributed by atoms with Crippen LogP contribution in [0.2, 0.25) is 0 Å². The zero-order chi connectivity index (χ0) is 12.5. The van der Waals surface area contributed by atoms with Gasteiger partial charge in [0, 0.05) is 32.7 Å². The Kier molecular flexibility index (Phi) is 6.40. The van der Waals surface area contributed by atoms with Crippen molar-refractivity contribution in [2.75, 3.05) is 33.4 Å². The summed E-state index contributed by atoms with van der Waals surface area (Å²) in [6, 6.07) is 0. The van der Waals surface area contributed by atoms with Crippen molar-refractivity contribution in [3.8, 4) is 12.0 Å². The molecule has 1 aliphatic rings. The number of carbonyl (C=O) groups is 1. The second kappa shape index (κ2) is 7.90. The highest BCUT2D eigenvalue weighted by molar-refractivity contribution is 5.69. The molecule has 1 rings (SSSR count). The van der Waals surface area contributed by atoms with E-state index in [1.807, 2.05) is 0 Å². The molecular weight excluding hydrogens is 226 g/mol. The second-order valence-corrected chi connectivity index (χ2v) is 3.47. The molecule has 0 bridgehead atoms. The average Bonchev–Trinajstić information content (AvgIpc) is 2.25. The van der Waals surface area contributed by atoms with Crippen LogP contribution >= 0.6 is 0 Å². The summed E-state index contributed by atoms with van der Waals surface area (Å²) in [5.41, 5.74) is 0. The Morgan fingerprint density at radius 2 is 2.29 bits per heavy atom. The third kappa shape index (κ3) is 5.04. The van der Waals surface area contributed by atoms with E-state index in [0.717, 1.165) is 19.5 Å². The van der Waals surface area contributed by atoms with Crippen LogP contribution in [0.1, 0.15) is 12.8 Å². The largest absolute Gasteiger partial charge is 0.423 e. The van der Waals surface area contributed by atoms with E-state index in [1.54, 1.807) is 4.90 Å². The highest BCUT2D eigenvalue weighted by atomic mass is 16.7. The number of amides is 1. The maximum absolute atomic E-state index is 11.2. The molecule has 1 N–H and O–H groups in total. The molecule has 0 aliphatic carbocycles. The Hall–Kier alpha value is -1.29. The van der Waals surface area contributed by atoms with Crippen LogP contribution in [0.4, 0.5) is 4.79 Å². The molecule has 1 saturated heterocycles. The van der Waals surface area contributed by atoms with E-state index in [-0.39, 0.29) is 6.61 Å². The molecule has 6 nitrogen and oxygen atoms in total. The number of hydrogen-bond acceptors (Lipinski definition) is 5. The Labute approximate surface area is 100 Å². The van der Waals surface area contributed by atoms with Crippen LogP contribution in [0, 0.1) is 12.0 Å². The van der Waals surface area contributed by atoms with Crippen LogP contribution in [0.5, 0.6) is 0 Å². The molecule has 0 aromatic heterocycles. The van der Waals surface area contributed by atoms with Gasteiger partial charge in [0.1, 0.15) is 6.11 Å². The van der Waals surface area contributed by atoms with Gasteiger partial charge in [0.15, 0.2) is 0 Å². The van der Waals surface area contributed by atoms with Crippen molar-refractivity contribution in [2.45, 2.75) is 19.1 Å². The lowest BCUT2D eigenvalue weighted by Crippen LogP contribution is -2.41. The molecule has 0 aromatic carbocycles. The number of methoxy groups -OCH3 is 1. The first kappa shape index (κ1) is 13.8. The lowest BCUT2D eigenvalue weighted by atomic mass is 10.2. The quantitative estimate of drug-likeness (QED) is 0.423. The third-order valence-electron chi connectivity index (χ3n) is 2.22. The van der Waals surface area contributed by atoms with E-state index in [4.69, 9.17) is 19.3 Å². The first-order valence-electron chi connectivity index (χ1n) is 5.49. The molecule has 1 heterocycles. The first-order chi connectivity index (χ1) is 8.27. The molecule has 1 amide bonds. The maximum Gasteiger partial charge on any atom is 0.423 e. The van der Waals surface area contributed by atoms with Crippen molar-refractivity contribution in [3.05, 3.63) is 0 Å². The number of hydrogen-bond donors (Lipinski definition) is 1. The number of aliphatic hydroxyl groups excluding tert-OH is 1. The Balaban J connectivity index is 2.21. The van der Waals surface area contributed by atoms with E-state index >= 15 is 0 Å². The van der Waals surface area contributed by atoms with Gasteiger partial charge in [-0.1, -0.05) is 0 Å². The summed E-state index contributed by atoms with van der Waals surface area (Å²) >= 11 is 0. The zero-order valence-electron chi connectivity index (χ0n) is 9.85. The van der Waals surface area contributed by atoms with Gasteiger partial charge in [0.25, 0.3) is 0 Å². The lowest BCUT2D eigenvalue weighted by Gasteiger charge is -2.28. The monoisotopic (exact) mass is 243 g/mol. The van der Waals surface area contributed by atoms with Crippen LogP contribution in [0.3, 0.4) is 0 Å². The number of nitrogens with zero attached hydrogens (tertiary/aromatic N) is 1. The molecular formula is C11H17NO5. The average molecular weight is 243 g/mol. The van der Waals surface area contributed by atoms with Gasteiger partial charge >= 0.3 is 6.09 Å². The van der Waals surface area contributed by atoms with Gasteiger partial charge in [-0.15, -0.1) is 0 Å². The number of ether oxygens (including phenoxy) is 3. The molecule has 0 saturated carbocycles. The van der Waals surface area contributed by atoms with Crippen LogP contribution in [-0.4, -0.2) is 55.8 Å². The molecule has 0 radical (unpaired) electrons. The number of aliphatic hydroxyl groups is 1. The minimum atomic E-state index is -0.745. The topological polar surface area (TPSA) is 68.2 Å². The first-order valence-corrected chi connectivity index (χ1v) is 5.49. The maximum atomic E-state index is 11.2. The van der Waals surface area contributed by atoms with Gasteiger partial charge in [-0.25, -0.2) is 4.79 Å². The molecule has 1 atom stereocenters. The molecule has 1 aliphatic heterocycles. The summed E-state index contributed by atoms with van der Waals surface area (Å²) in [7, 11) is 1.44. The molecule has 17 heavy (non-hydrogen) atoms. The molecule has 0 spiro atoms. The lowest BCUT2D eigenvalue weighted by molar-refractivity contribution is -0.0865. The predicted molar refractivity (Wildman–Crippen MR) is 58.9 cm³/mol. The van der Waals surface area contributed by atoms with Crippen LogP contribution in [-0.2, 0) is 14.2 Å². The molecule has 96 valence electrons. The summed E-state index contributed by atoms with van der Waals surface area (Å²) in [4.78, 5) is 12.8. The van der Waals surface area contributed by atoms with Gasteiger partial charge in [-0.3, -0.25) is 0 Å². The standard InChI is InChI=1S/C11H17NO5/c1-15-10(16-8-3-7-13)4-9-17-11(14)12-5-2-6-12/h10,13H,2-3,5-8H2,1H3. The van der Waals surface area contributed by atoms with Crippen LogP contribution in [0.15, 0.2) is 0 Å². The number of carbonyl (C=O) groups excluding carboxylic acids is 1. The number of likely N-dealkylation sites (tertiary alicyclic amines) is 1. The molecule has 1 fully saturated rings. The van der Waals surface area contributed by atoms with E-state index in [0.29, 0.717) is 13.0 Å². The third-order valence-corrected chi connectivity index (χ3v) is 2.22. The highest BCUT2D eigenvalue weighted by Gasteiger charge is 2.21. The van der Waals surface area contributed by atoms with Gasteiger partial charge in [-0.2, -0.15) is 0 Å². The van der Waals surface area contributed by atoms with Gasteiger partial charge < -0.3 is 24.2 Å². The smallest absolute Gasteiger partial charge is 0.396 e. The van der Waals surface area contributed by atoms with Gasteiger partial charge in [-0.05, 0) is 12.8 Å². The summed E-state index contributed by atoms with van der Waals surface area (Å²) in [6.45, 7) is 1.83. The molecule has 0 aromatic rings.